The van der Waals surface area contributed by atoms with Gasteiger partial charge in [0.25, 0.3) is 0 Å². The third kappa shape index (κ3) is 4.75. The van der Waals surface area contributed by atoms with Crippen LogP contribution in [0.25, 0.3) is 0 Å². The molecular formula is C18H22ClN3O3S. The minimum absolute atomic E-state index is 0.0932. The summed E-state index contributed by atoms with van der Waals surface area (Å²) in [6.07, 6.45) is 0.0932. The van der Waals surface area contributed by atoms with E-state index in [4.69, 9.17) is 11.6 Å². The second-order valence-corrected chi connectivity index (χ2v) is 8.40. The maximum atomic E-state index is 12.4. The lowest BCUT2D eigenvalue weighted by atomic mass is 10.1. The first kappa shape index (κ1) is 20.2. The summed E-state index contributed by atoms with van der Waals surface area (Å²) < 4.78 is 25.8. The number of halogens is 1. The van der Waals surface area contributed by atoms with Crippen molar-refractivity contribution in [1.82, 2.24) is 4.31 Å². The van der Waals surface area contributed by atoms with Gasteiger partial charge in [-0.1, -0.05) is 29.8 Å². The van der Waals surface area contributed by atoms with Gasteiger partial charge < -0.3 is 10.6 Å². The zero-order valence-electron chi connectivity index (χ0n) is 14.9. The zero-order valence-corrected chi connectivity index (χ0v) is 16.5. The van der Waals surface area contributed by atoms with Crippen molar-refractivity contribution in [2.45, 2.75) is 18.2 Å². The first-order valence-electron chi connectivity index (χ1n) is 8.09. The Morgan fingerprint density at radius 1 is 1.12 bits per heavy atom. The second-order valence-electron chi connectivity index (χ2n) is 5.84. The van der Waals surface area contributed by atoms with Crippen molar-refractivity contribution in [3.63, 3.8) is 0 Å². The Labute approximate surface area is 159 Å². The predicted octanol–water partition coefficient (Wildman–Crippen LogP) is 3.20. The summed E-state index contributed by atoms with van der Waals surface area (Å²) in [6.45, 7) is 2.55. The highest BCUT2D eigenvalue weighted by atomic mass is 35.5. The lowest BCUT2D eigenvalue weighted by Gasteiger charge is -2.16. The molecule has 0 bridgehead atoms. The van der Waals surface area contributed by atoms with Crippen LogP contribution in [-0.4, -0.2) is 39.3 Å². The fourth-order valence-corrected chi connectivity index (χ4v) is 3.48. The van der Waals surface area contributed by atoms with Crippen molar-refractivity contribution in [3.05, 3.63) is 53.1 Å². The molecule has 0 heterocycles. The number of rotatable bonds is 7. The molecule has 6 nitrogen and oxygen atoms in total. The molecule has 0 aliphatic carbocycles. The van der Waals surface area contributed by atoms with E-state index in [2.05, 4.69) is 10.6 Å². The number of carbonyl (C=O) groups excluding carboxylic acids is 1. The minimum atomic E-state index is -3.60. The highest BCUT2D eigenvalue weighted by Gasteiger charge is 2.19. The van der Waals surface area contributed by atoms with Gasteiger partial charge in [0.05, 0.1) is 22.7 Å². The molecule has 2 aromatic carbocycles. The second kappa shape index (κ2) is 8.53. The normalized spacial score (nSPS) is 11.4. The number of benzene rings is 2. The standard InChI is InChI=1S/C18H22ClN3O3S/c1-4-20-16-10-9-14(26(24,25)22(2)3)12-17(16)21-18(23)11-13-7-5-6-8-15(13)19/h5-10,12,20H,4,11H2,1-3H3,(H,21,23). The maximum Gasteiger partial charge on any atom is 0.242 e. The fraction of sp³-hybridized carbons (Fsp3) is 0.278. The van der Waals surface area contributed by atoms with Gasteiger partial charge in [0.15, 0.2) is 0 Å². The molecule has 2 N–H and O–H groups in total. The van der Waals surface area contributed by atoms with Crippen molar-refractivity contribution < 1.29 is 13.2 Å². The number of nitrogens with one attached hydrogen (secondary N) is 2. The van der Waals surface area contributed by atoms with Crippen LogP contribution in [0.15, 0.2) is 47.4 Å². The molecule has 2 aromatic rings. The molecule has 140 valence electrons. The molecule has 0 aromatic heterocycles. The minimum Gasteiger partial charge on any atom is -0.384 e. The predicted molar refractivity (Wildman–Crippen MR) is 105 cm³/mol. The molecule has 0 saturated heterocycles. The summed E-state index contributed by atoms with van der Waals surface area (Å²) in [5, 5.41) is 6.41. The average Bonchev–Trinajstić information content (AvgIpc) is 2.58. The molecule has 0 spiro atoms. The van der Waals surface area contributed by atoms with E-state index >= 15 is 0 Å². The van der Waals surface area contributed by atoms with Gasteiger partial charge in [-0.2, -0.15) is 0 Å². The van der Waals surface area contributed by atoms with E-state index in [0.29, 0.717) is 28.5 Å². The zero-order chi connectivity index (χ0) is 19.3. The van der Waals surface area contributed by atoms with Gasteiger partial charge in [-0.05, 0) is 36.8 Å². The number of amides is 1. The van der Waals surface area contributed by atoms with Crippen LogP contribution >= 0.6 is 11.6 Å². The van der Waals surface area contributed by atoms with Crippen molar-refractivity contribution >= 4 is 38.9 Å². The lowest BCUT2D eigenvalue weighted by molar-refractivity contribution is -0.115. The number of hydrogen-bond donors (Lipinski definition) is 2. The van der Waals surface area contributed by atoms with Crippen molar-refractivity contribution in [3.8, 4) is 0 Å². The molecule has 26 heavy (non-hydrogen) atoms. The first-order chi connectivity index (χ1) is 12.3. The van der Waals surface area contributed by atoms with E-state index < -0.39 is 10.0 Å². The quantitative estimate of drug-likeness (QED) is 0.754. The Balaban J connectivity index is 2.31. The molecule has 0 aliphatic rings. The fourth-order valence-electron chi connectivity index (χ4n) is 2.35. The van der Waals surface area contributed by atoms with E-state index in [-0.39, 0.29) is 17.2 Å². The summed E-state index contributed by atoms with van der Waals surface area (Å²) in [6, 6.07) is 11.7. The average molecular weight is 396 g/mol. The number of hydrogen-bond acceptors (Lipinski definition) is 4. The van der Waals surface area contributed by atoms with Gasteiger partial charge in [0.1, 0.15) is 0 Å². The number of sulfonamides is 1. The van der Waals surface area contributed by atoms with Crippen molar-refractivity contribution in [1.29, 1.82) is 0 Å². The van der Waals surface area contributed by atoms with Crippen LogP contribution in [0.2, 0.25) is 5.02 Å². The maximum absolute atomic E-state index is 12.4. The summed E-state index contributed by atoms with van der Waals surface area (Å²) in [7, 11) is -0.676. The molecule has 2 rings (SSSR count). The Morgan fingerprint density at radius 2 is 1.81 bits per heavy atom. The van der Waals surface area contributed by atoms with Crippen LogP contribution in [0.4, 0.5) is 11.4 Å². The molecule has 0 saturated carbocycles. The third-order valence-electron chi connectivity index (χ3n) is 3.72. The summed E-state index contributed by atoms with van der Waals surface area (Å²) in [5.74, 6) is -0.281. The van der Waals surface area contributed by atoms with Crippen LogP contribution in [0.1, 0.15) is 12.5 Å². The molecule has 0 atom stereocenters. The van der Waals surface area contributed by atoms with Crippen molar-refractivity contribution in [2.75, 3.05) is 31.3 Å². The van der Waals surface area contributed by atoms with Crippen LogP contribution in [0.5, 0.6) is 0 Å². The number of nitrogens with zero attached hydrogens (tertiary/aromatic N) is 1. The molecular weight excluding hydrogens is 374 g/mol. The van der Waals surface area contributed by atoms with E-state index in [0.717, 1.165) is 4.31 Å². The van der Waals surface area contributed by atoms with Gasteiger partial charge >= 0.3 is 0 Å². The highest BCUT2D eigenvalue weighted by Crippen LogP contribution is 2.27. The van der Waals surface area contributed by atoms with Gasteiger partial charge in [0, 0.05) is 25.7 Å². The first-order valence-corrected chi connectivity index (χ1v) is 9.91. The molecule has 1 amide bonds. The number of carbonyl (C=O) groups is 1. The SMILES string of the molecule is CCNc1ccc(S(=O)(=O)N(C)C)cc1NC(=O)Cc1ccccc1Cl. The van der Waals surface area contributed by atoms with Gasteiger partial charge in [0.2, 0.25) is 15.9 Å². The third-order valence-corrected chi connectivity index (χ3v) is 5.90. The largest absolute Gasteiger partial charge is 0.384 e. The van der Waals surface area contributed by atoms with E-state index in [1.165, 1.54) is 26.2 Å². The van der Waals surface area contributed by atoms with Crippen LogP contribution in [0, 0.1) is 0 Å². The summed E-state index contributed by atoms with van der Waals surface area (Å²) in [4.78, 5) is 12.5. The Kier molecular flexibility index (Phi) is 6.63. The topological polar surface area (TPSA) is 78.5 Å². The van der Waals surface area contributed by atoms with Crippen LogP contribution < -0.4 is 10.6 Å². The molecule has 0 unspecified atom stereocenters. The Morgan fingerprint density at radius 3 is 2.42 bits per heavy atom. The molecule has 0 aliphatic heterocycles. The van der Waals surface area contributed by atoms with E-state index in [1.807, 2.05) is 13.0 Å². The van der Waals surface area contributed by atoms with Crippen LogP contribution in [-0.2, 0) is 21.2 Å². The van der Waals surface area contributed by atoms with Gasteiger partial charge in [-0.15, -0.1) is 0 Å². The highest BCUT2D eigenvalue weighted by molar-refractivity contribution is 7.89. The summed E-state index contributed by atoms with van der Waals surface area (Å²) in [5.41, 5.74) is 1.76. The van der Waals surface area contributed by atoms with E-state index in [1.54, 1.807) is 24.3 Å². The van der Waals surface area contributed by atoms with E-state index in [9.17, 15) is 13.2 Å². The van der Waals surface area contributed by atoms with Crippen LogP contribution in [0.3, 0.4) is 0 Å². The summed E-state index contributed by atoms with van der Waals surface area (Å²) >= 11 is 6.10. The Bertz CT molecular complexity index is 898. The molecule has 0 fully saturated rings. The molecule has 8 heteroatoms. The smallest absolute Gasteiger partial charge is 0.242 e. The van der Waals surface area contributed by atoms with Gasteiger partial charge in [-0.3, -0.25) is 4.79 Å². The monoisotopic (exact) mass is 395 g/mol. The van der Waals surface area contributed by atoms with Crippen molar-refractivity contribution in [2.24, 2.45) is 0 Å². The molecule has 0 radical (unpaired) electrons. The lowest BCUT2D eigenvalue weighted by Crippen LogP contribution is -2.23. The van der Waals surface area contributed by atoms with Gasteiger partial charge in [-0.25, -0.2) is 12.7 Å². The number of anilines is 2. The Hall–Kier alpha value is -2.09.